The maximum absolute atomic E-state index is 13.0. The summed E-state index contributed by atoms with van der Waals surface area (Å²) < 4.78 is 28.1. The highest BCUT2D eigenvalue weighted by atomic mass is 35.5. The minimum Gasteiger partial charge on any atom is -0.300 e. The third kappa shape index (κ3) is 6.71. The zero-order chi connectivity index (χ0) is 24.1. The van der Waals surface area contributed by atoms with Crippen LogP contribution >= 0.6 is 46.3 Å². The van der Waals surface area contributed by atoms with E-state index in [1.807, 2.05) is 30.3 Å². The largest absolute Gasteiger partial charge is 0.300 e. The first-order valence-electron chi connectivity index (χ1n) is 10.5. The lowest BCUT2D eigenvalue weighted by atomic mass is 9.99. The molecule has 2 heterocycles. The standard InChI is InChI=1S/C22H22Cl2N4O3S3/c23-18-9-8-16(11-19(18)24)14-34(30,31)28-10-4-7-17(12-28)20(29)25-21-26-27-22(33-21)32-13-15-5-2-1-3-6-15/h1-3,5-6,8-9,11,17H,4,7,10,12-14H2,(H,25,26,29). The second-order valence-electron chi connectivity index (χ2n) is 7.84. The Kier molecular flexibility index (Phi) is 8.49. The van der Waals surface area contributed by atoms with E-state index in [9.17, 15) is 13.2 Å². The molecule has 1 N–H and O–H groups in total. The highest BCUT2D eigenvalue weighted by Crippen LogP contribution is 2.30. The van der Waals surface area contributed by atoms with Crippen molar-refractivity contribution in [2.75, 3.05) is 18.4 Å². The second kappa shape index (κ2) is 11.4. The number of halogens is 2. The van der Waals surface area contributed by atoms with E-state index in [0.717, 1.165) is 10.1 Å². The summed E-state index contributed by atoms with van der Waals surface area (Å²) in [5, 5.41) is 12.1. The van der Waals surface area contributed by atoms with Crippen molar-refractivity contribution in [2.24, 2.45) is 5.92 Å². The predicted octanol–water partition coefficient (Wildman–Crippen LogP) is 5.32. The summed E-state index contributed by atoms with van der Waals surface area (Å²) >= 11 is 14.8. The lowest BCUT2D eigenvalue weighted by Gasteiger charge is -2.31. The molecule has 1 aliphatic heterocycles. The number of nitrogens with zero attached hydrogens (tertiary/aromatic N) is 3. The van der Waals surface area contributed by atoms with Crippen LogP contribution in [0, 0.1) is 5.92 Å². The summed E-state index contributed by atoms with van der Waals surface area (Å²) in [5.41, 5.74) is 1.73. The van der Waals surface area contributed by atoms with Crippen LogP contribution in [-0.2, 0) is 26.3 Å². The SMILES string of the molecule is O=C(Nc1nnc(SCc2ccccc2)s1)C1CCCN(S(=O)(=O)Cc2ccc(Cl)c(Cl)c2)C1. The summed E-state index contributed by atoms with van der Waals surface area (Å²) in [7, 11) is -3.61. The van der Waals surface area contributed by atoms with Gasteiger partial charge in [0.2, 0.25) is 21.1 Å². The van der Waals surface area contributed by atoms with E-state index in [0.29, 0.717) is 40.1 Å². The zero-order valence-corrected chi connectivity index (χ0v) is 21.9. The van der Waals surface area contributed by atoms with Crippen molar-refractivity contribution >= 4 is 67.4 Å². The lowest BCUT2D eigenvalue weighted by Crippen LogP contribution is -2.44. The van der Waals surface area contributed by atoms with Gasteiger partial charge in [-0.15, -0.1) is 10.2 Å². The molecule has 0 bridgehead atoms. The first-order chi connectivity index (χ1) is 16.3. The van der Waals surface area contributed by atoms with Gasteiger partial charge in [0.05, 0.1) is 21.7 Å². The highest BCUT2D eigenvalue weighted by Gasteiger charge is 2.33. The second-order valence-corrected chi connectivity index (χ2v) is 12.8. The number of carbonyl (C=O) groups excluding carboxylic acids is 1. The van der Waals surface area contributed by atoms with Gasteiger partial charge in [0.25, 0.3) is 0 Å². The van der Waals surface area contributed by atoms with E-state index >= 15 is 0 Å². The summed E-state index contributed by atoms with van der Waals surface area (Å²) in [6, 6.07) is 14.8. The minimum atomic E-state index is -3.61. The van der Waals surface area contributed by atoms with Gasteiger partial charge in [-0.1, -0.05) is 82.7 Å². The molecule has 1 unspecified atom stereocenters. The number of sulfonamides is 1. The molecule has 4 rings (SSSR count). The van der Waals surface area contributed by atoms with Crippen LogP contribution < -0.4 is 5.32 Å². The molecular weight excluding hydrogens is 535 g/mol. The van der Waals surface area contributed by atoms with Crippen molar-refractivity contribution in [3.63, 3.8) is 0 Å². The number of aromatic nitrogens is 2. The van der Waals surface area contributed by atoms with Crippen LogP contribution in [0.5, 0.6) is 0 Å². The van der Waals surface area contributed by atoms with Crippen molar-refractivity contribution in [3.05, 3.63) is 69.7 Å². The van der Waals surface area contributed by atoms with Crippen molar-refractivity contribution in [1.29, 1.82) is 0 Å². The number of nitrogens with one attached hydrogen (secondary N) is 1. The van der Waals surface area contributed by atoms with Crippen molar-refractivity contribution in [1.82, 2.24) is 14.5 Å². The quantitative estimate of drug-likeness (QED) is 0.298. The molecule has 180 valence electrons. The van der Waals surface area contributed by atoms with Gasteiger partial charge in [-0.2, -0.15) is 0 Å². The Morgan fingerprint density at radius 1 is 1.12 bits per heavy atom. The van der Waals surface area contributed by atoms with Gasteiger partial charge < -0.3 is 5.32 Å². The van der Waals surface area contributed by atoms with Crippen LogP contribution in [0.3, 0.4) is 0 Å². The fraction of sp³-hybridized carbons (Fsp3) is 0.318. The molecule has 0 spiro atoms. The molecule has 7 nitrogen and oxygen atoms in total. The Morgan fingerprint density at radius 2 is 1.91 bits per heavy atom. The normalized spacial score (nSPS) is 16.9. The molecule has 1 aliphatic rings. The molecule has 1 atom stereocenters. The number of anilines is 1. The third-order valence-electron chi connectivity index (χ3n) is 5.32. The van der Waals surface area contributed by atoms with Gasteiger partial charge in [0.1, 0.15) is 0 Å². The van der Waals surface area contributed by atoms with E-state index in [1.165, 1.54) is 21.2 Å². The van der Waals surface area contributed by atoms with Gasteiger partial charge >= 0.3 is 0 Å². The summed E-state index contributed by atoms with van der Waals surface area (Å²) in [6.45, 7) is 0.510. The highest BCUT2D eigenvalue weighted by molar-refractivity contribution is 8.00. The van der Waals surface area contributed by atoms with E-state index in [4.69, 9.17) is 23.2 Å². The van der Waals surface area contributed by atoms with E-state index in [1.54, 1.807) is 30.0 Å². The molecule has 12 heteroatoms. The zero-order valence-electron chi connectivity index (χ0n) is 18.0. The Morgan fingerprint density at radius 3 is 2.68 bits per heavy atom. The average Bonchev–Trinajstić information content (AvgIpc) is 3.28. The van der Waals surface area contributed by atoms with Crippen LogP contribution in [-0.4, -0.2) is 41.9 Å². The third-order valence-corrected chi connectivity index (χ3v) is 9.92. The Hall–Kier alpha value is -1.69. The summed E-state index contributed by atoms with van der Waals surface area (Å²) in [6.07, 6.45) is 1.21. The molecule has 1 fully saturated rings. The number of hydrogen-bond donors (Lipinski definition) is 1. The van der Waals surface area contributed by atoms with Crippen molar-refractivity contribution in [3.8, 4) is 0 Å². The van der Waals surface area contributed by atoms with Gasteiger partial charge in [-0.3, -0.25) is 4.79 Å². The van der Waals surface area contributed by atoms with Gasteiger partial charge in [0, 0.05) is 18.8 Å². The Bertz CT molecular complexity index is 1260. The Balaban J connectivity index is 1.33. The monoisotopic (exact) mass is 556 g/mol. The van der Waals surface area contributed by atoms with Crippen LogP contribution in [0.15, 0.2) is 52.9 Å². The maximum Gasteiger partial charge on any atom is 0.230 e. The fourth-order valence-electron chi connectivity index (χ4n) is 3.59. The molecular formula is C22H22Cl2N4O3S3. The molecule has 34 heavy (non-hydrogen) atoms. The topological polar surface area (TPSA) is 92.3 Å². The lowest BCUT2D eigenvalue weighted by molar-refractivity contribution is -0.120. The van der Waals surface area contributed by atoms with Crippen LogP contribution in [0.4, 0.5) is 5.13 Å². The molecule has 1 aromatic heterocycles. The number of piperidine rings is 1. The predicted molar refractivity (Wildman–Crippen MR) is 138 cm³/mol. The summed E-state index contributed by atoms with van der Waals surface area (Å²) in [5.74, 6) is -0.138. The molecule has 0 aliphatic carbocycles. The molecule has 1 amide bonds. The molecule has 0 saturated carbocycles. The van der Waals surface area contributed by atoms with Crippen LogP contribution in [0.2, 0.25) is 10.0 Å². The molecule has 3 aromatic rings. The van der Waals surface area contributed by atoms with Gasteiger partial charge in [-0.05, 0) is 36.1 Å². The first kappa shape index (κ1) is 25.4. The fourth-order valence-corrected chi connectivity index (χ4v) is 7.21. The maximum atomic E-state index is 13.0. The number of amides is 1. The van der Waals surface area contributed by atoms with Crippen LogP contribution in [0.1, 0.15) is 24.0 Å². The first-order valence-corrected chi connectivity index (χ1v) is 14.7. The van der Waals surface area contributed by atoms with Crippen molar-refractivity contribution < 1.29 is 13.2 Å². The van der Waals surface area contributed by atoms with E-state index < -0.39 is 15.9 Å². The minimum absolute atomic E-state index is 0.129. The molecule has 2 aromatic carbocycles. The van der Waals surface area contributed by atoms with E-state index in [2.05, 4.69) is 15.5 Å². The number of carbonyl (C=O) groups is 1. The summed E-state index contributed by atoms with van der Waals surface area (Å²) in [4.78, 5) is 12.8. The number of hydrogen-bond acceptors (Lipinski definition) is 7. The van der Waals surface area contributed by atoms with Gasteiger partial charge in [0.15, 0.2) is 4.34 Å². The van der Waals surface area contributed by atoms with E-state index in [-0.39, 0.29) is 18.2 Å². The number of rotatable bonds is 8. The smallest absolute Gasteiger partial charge is 0.230 e. The average molecular weight is 558 g/mol. The molecule has 0 radical (unpaired) electrons. The molecule has 1 saturated heterocycles. The number of benzene rings is 2. The van der Waals surface area contributed by atoms with Crippen LogP contribution in [0.25, 0.3) is 0 Å². The Labute approximate surface area is 216 Å². The number of thioether (sulfide) groups is 1. The van der Waals surface area contributed by atoms with Crippen molar-refractivity contribution in [2.45, 2.75) is 28.7 Å². The van der Waals surface area contributed by atoms with Gasteiger partial charge in [-0.25, -0.2) is 12.7 Å².